The summed E-state index contributed by atoms with van der Waals surface area (Å²) < 4.78 is 0.637. The second-order valence-corrected chi connectivity index (χ2v) is 7.45. The molecule has 0 bridgehead atoms. The highest BCUT2D eigenvalue weighted by Crippen LogP contribution is 2.27. The van der Waals surface area contributed by atoms with E-state index in [1.165, 1.54) is 17.8 Å². The zero-order valence-electron chi connectivity index (χ0n) is 13.6. The molecule has 0 unspecified atom stereocenters. The first-order chi connectivity index (χ1) is 12.9. The molecule has 0 atom stereocenters. The Morgan fingerprint density at radius 2 is 2.07 bits per heavy atom. The molecule has 0 radical (unpaired) electrons. The summed E-state index contributed by atoms with van der Waals surface area (Å²) in [6, 6.07) is 3.37. The molecule has 0 saturated carbocycles. The molecule has 0 fully saturated rings. The van der Waals surface area contributed by atoms with Crippen LogP contribution >= 0.6 is 23.1 Å². The minimum atomic E-state index is -0.756. The van der Waals surface area contributed by atoms with Gasteiger partial charge in [0.1, 0.15) is 6.54 Å². The van der Waals surface area contributed by atoms with Crippen molar-refractivity contribution in [3.8, 4) is 0 Å². The number of fused-ring (bicyclic) bond motifs is 1. The van der Waals surface area contributed by atoms with Crippen LogP contribution in [0.2, 0.25) is 0 Å². The van der Waals surface area contributed by atoms with Gasteiger partial charge in [-0.1, -0.05) is 29.2 Å². The number of nitrogens with zero attached hydrogens (tertiary/aromatic N) is 4. The molecule has 27 heavy (non-hydrogen) atoms. The van der Waals surface area contributed by atoms with Crippen LogP contribution in [0.5, 0.6) is 0 Å². The highest BCUT2D eigenvalue weighted by molar-refractivity contribution is 8.01. The van der Waals surface area contributed by atoms with Gasteiger partial charge in [-0.25, -0.2) is 0 Å². The predicted molar refractivity (Wildman–Crippen MR) is 97.9 cm³/mol. The Balaban J connectivity index is 1.68. The average Bonchev–Trinajstić information content (AvgIpc) is 3.18. The van der Waals surface area contributed by atoms with Crippen molar-refractivity contribution >= 4 is 51.6 Å². The number of thioether (sulfide) groups is 1. The smallest absolute Gasteiger partial charge is 0.270 e. The van der Waals surface area contributed by atoms with Crippen molar-refractivity contribution in [2.75, 3.05) is 17.6 Å². The van der Waals surface area contributed by atoms with Gasteiger partial charge < -0.3 is 0 Å². The van der Waals surface area contributed by atoms with Crippen LogP contribution in [-0.4, -0.2) is 50.0 Å². The first-order valence-corrected chi connectivity index (χ1v) is 9.22. The Labute approximate surface area is 160 Å². The summed E-state index contributed by atoms with van der Waals surface area (Å²) >= 11 is 2.55. The lowest BCUT2D eigenvalue weighted by atomic mass is 10.1. The van der Waals surface area contributed by atoms with E-state index in [1.807, 2.05) is 0 Å². The van der Waals surface area contributed by atoms with Crippen LogP contribution in [-0.2, 0) is 4.79 Å². The molecule has 3 rings (SSSR count). The number of nitro groups is 1. The van der Waals surface area contributed by atoms with E-state index in [9.17, 15) is 24.5 Å². The van der Waals surface area contributed by atoms with Crippen LogP contribution < -0.4 is 5.32 Å². The number of imide groups is 1. The molecule has 1 aliphatic rings. The maximum atomic E-state index is 12.4. The van der Waals surface area contributed by atoms with E-state index in [0.29, 0.717) is 10.1 Å². The van der Waals surface area contributed by atoms with Gasteiger partial charge in [0.05, 0.1) is 16.1 Å². The van der Waals surface area contributed by atoms with E-state index in [0.717, 1.165) is 28.4 Å². The number of amides is 3. The lowest BCUT2D eigenvalue weighted by Crippen LogP contribution is -2.37. The minimum absolute atomic E-state index is 0.0254. The Morgan fingerprint density at radius 3 is 2.78 bits per heavy atom. The lowest BCUT2D eigenvalue weighted by molar-refractivity contribution is -0.384. The molecule has 3 amide bonds. The van der Waals surface area contributed by atoms with E-state index < -0.39 is 29.2 Å². The predicted octanol–water partition coefficient (Wildman–Crippen LogP) is 1.96. The number of non-ortho nitro benzene ring substituents is 1. The summed E-state index contributed by atoms with van der Waals surface area (Å²) in [5, 5.41) is 21.2. The van der Waals surface area contributed by atoms with Gasteiger partial charge in [-0.05, 0) is 6.07 Å². The summed E-state index contributed by atoms with van der Waals surface area (Å²) in [6.45, 7) is 3.06. The van der Waals surface area contributed by atoms with Gasteiger partial charge in [-0.3, -0.25) is 34.7 Å². The van der Waals surface area contributed by atoms with Gasteiger partial charge in [0, 0.05) is 17.9 Å². The first kappa shape index (κ1) is 18.7. The van der Waals surface area contributed by atoms with Gasteiger partial charge in [0.25, 0.3) is 17.5 Å². The Hall–Kier alpha value is -3.12. The Morgan fingerprint density at radius 1 is 1.33 bits per heavy atom. The van der Waals surface area contributed by atoms with Crippen LogP contribution in [0.25, 0.3) is 0 Å². The van der Waals surface area contributed by atoms with Crippen LogP contribution in [0, 0.1) is 10.1 Å². The Bertz CT molecular complexity index is 973. The molecule has 0 saturated heterocycles. The van der Waals surface area contributed by atoms with Crippen molar-refractivity contribution in [3.05, 3.63) is 52.1 Å². The van der Waals surface area contributed by atoms with Gasteiger partial charge in [0.2, 0.25) is 11.0 Å². The molecule has 138 valence electrons. The second kappa shape index (κ2) is 7.63. The summed E-state index contributed by atoms with van der Waals surface area (Å²) in [5.74, 6) is -1.42. The highest BCUT2D eigenvalue weighted by atomic mass is 32.2. The molecular weight excluding hydrogens is 394 g/mol. The molecule has 1 aromatic carbocycles. The standard InChI is InChI=1S/C15H11N5O5S2/c1-2-5-26-15-18-17-14(27-15)16-11(21)7-19-12(22)9-4-3-8(20(24)25)6-10(9)13(19)23/h2-4,6H,1,5,7H2,(H,16,17,21). The number of benzene rings is 1. The fourth-order valence-electron chi connectivity index (χ4n) is 2.29. The molecule has 10 nitrogen and oxygen atoms in total. The molecule has 12 heteroatoms. The lowest BCUT2D eigenvalue weighted by Gasteiger charge is -2.12. The molecule has 0 spiro atoms. The van der Waals surface area contributed by atoms with Crippen molar-refractivity contribution in [1.29, 1.82) is 0 Å². The Kier molecular flexibility index (Phi) is 5.28. The number of carbonyl (C=O) groups excluding carboxylic acids is 3. The third-order valence-corrected chi connectivity index (χ3v) is 5.41. The summed E-state index contributed by atoms with van der Waals surface area (Å²) in [7, 11) is 0. The van der Waals surface area contributed by atoms with Crippen molar-refractivity contribution in [1.82, 2.24) is 15.1 Å². The molecule has 2 heterocycles. The van der Waals surface area contributed by atoms with Crippen LogP contribution in [0.15, 0.2) is 35.2 Å². The maximum Gasteiger partial charge on any atom is 0.270 e. The molecular formula is C15H11N5O5S2. The molecule has 0 aliphatic carbocycles. The minimum Gasteiger partial charge on any atom is -0.299 e. The zero-order chi connectivity index (χ0) is 19.6. The van der Waals surface area contributed by atoms with Gasteiger partial charge in [-0.2, -0.15) is 0 Å². The molecule has 1 aliphatic heterocycles. The van der Waals surface area contributed by atoms with Crippen molar-refractivity contribution in [2.45, 2.75) is 4.34 Å². The summed E-state index contributed by atoms with van der Waals surface area (Å²) in [4.78, 5) is 47.7. The fourth-order valence-corrected chi connectivity index (χ4v) is 3.82. The van der Waals surface area contributed by atoms with Gasteiger partial charge in [-0.15, -0.1) is 16.8 Å². The largest absolute Gasteiger partial charge is 0.299 e. The number of hydrogen-bond acceptors (Lipinski definition) is 9. The number of hydrogen-bond donors (Lipinski definition) is 1. The normalized spacial score (nSPS) is 12.8. The van der Waals surface area contributed by atoms with Gasteiger partial charge >= 0.3 is 0 Å². The van der Waals surface area contributed by atoms with Crippen LogP contribution in [0.3, 0.4) is 0 Å². The number of anilines is 1. The van der Waals surface area contributed by atoms with Crippen molar-refractivity contribution in [2.24, 2.45) is 0 Å². The fraction of sp³-hybridized carbons (Fsp3) is 0.133. The second-order valence-electron chi connectivity index (χ2n) is 5.20. The molecule has 2 aromatic rings. The quantitative estimate of drug-likeness (QED) is 0.184. The number of nitrogens with one attached hydrogen (secondary N) is 1. The van der Waals surface area contributed by atoms with E-state index in [2.05, 4.69) is 22.1 Å². The summed E-state index contributed by atoms with van der Waals surface area (Å²) in [5.41, 5.74) is -0.377. The topological polar surface area (TPSA) is 135 Å². The van der Waals surface area contributed by atoms with E-state index in [-0.39, 0.29) is 21.9 Å². The molecule has 1 aromatic heterocycles. The third-order valence-electron chi connectivity index (χ3n) is 3.44. The van der Waals surface area contributed by atoms with Crippen molar-refractivity contribution in [3.63, 3.8) is 0 Å². The monoisotopic (exact) mass is 405 g/mol. The number of aromatic nitrogens is 2. The SMILES string of the molecule is C=CCSc1nnc(NC(=O)CN2C(=O)c3ccc([N+](=O)[O-])cc3C2=O)s1. The highest BCUT2D eigenvalue weighted by Gasteiger charge is 2.37. The third kappa shape index (κ3) is 3.85. The molecule has 1 N–H and O–H groups in total. The number of carbonyl (C=O) groups is 3. The van der Waals surface area contributed by atoms with Crippen LogP contribution in [0.1, 0.15) is 20.7 Å². The average molecular weight is 405 g/mol. The zero-order valence-corrected chi connectivity index (χ0v) is 15.2. The van der Waals surface area contributed by atoms with Crippen molar-refractivity contribution < 1.29 is 19.3 Å². The summed E-state index contributed by atoms with van der Waals surface area (Å²) in [6.07, 6.45) is 1.71. The van der Waals surface area contributed by atoms with Gasteiger partial charge in [0.15, 0.2) is 4.34 Å². The first-order valence-electron chi connectivity index (χ1n) is 7.42. The van der Waals surface area contributed by atoms with E-state index >= 15 is 0 Å². The number of nitro benzene ring substituents is 1. The van der Waals surface area contributed by atoms with E-state index in [1.54, 1.807) is 6.08 Å². The van der Waals surface area contributed by atoms with Crippen LogP contribution in [0.4, 0.5) is 10.8 Å². The maximum absolute atomic E-state index is 12.4. The number of rotatable bonds is 7. The van der Waals surface area contributed by atoms with E-state index in [4.69, 9.17) is 0 Å².